The molecule has 0 atom stereocenters. The van der Waals surface area contributed by atoms with Crippen molar-refractivity contribution in [3.63, 3.8) is 0 Å². The Kier molecular flexibility index (Phi) is 6.44. The third kappa shape index (κ3) is 4.32. The summed E-state index contributed by atoms with van der Waals surface area (Å²) in [5, 5.41) is 4.77. The molecule has 9 rings (SSSR count). The quantitative estimate of drug-likeness (QED) is 0.188. The summed E-state index contributed by atoms with van der Waals surface area (Å²) in [7, 11) is 1.66. The Morgan fingerprint density at radius 2 is 0.854 bits per heavy atom. The van der Waals surface area contributed by atoms with Gasteiger partial charge in [-0.2, -0.15) is 0 Å². The van der Waals surface area contributed by atoms with Gasteiger partial charge in [0.25, 0.3) is 0 Å². The average molecular weight is 621 g/mol. The van der Waals surface area contributed by atoms with Gasteiger partial charge in [-0.25, -0.2) is 0 Å². The van der Waals surface area contributed by atoms with Crippen LogP contribution >= 0.6 is 0 Å². The van der Waals surface area contributed by atoms with E-state index in [2.05, 4.69) is 166 Å². The monoisotopic (exact) mass is 620 g/mol. The van der Waals surface area contributed by atoms with Crippen LogP contribution < -0.4 is 15.4 Å². The zero-order chi connectivity index (χ0) is 32.2. The Morgan fingerprint density at radius 1 is 0.438 bits per heavy atom. The molecule has 230 valence electrons. The van der Waals surface area contributed by atoms with Crippen LogP contribution in [0, 0.1) is 0 Å². The van der Waals surface area contributed by atoms with Crippen LogP contribution in [0.4, 0.5) is 22.7 Å². The van der Waals surface area contributed by atoms with Gasteiger partial charge in [-0.05, 0) is 84.9 Å². The first-order valence-corrected chi connectivity index (χ1v) is 16.1. The van der Waals surface area contributed by atoms with Crippen LogP contribution in [0.3, 0.4) is 0 Å². The second-order valence-corrected chi connectivity index (χ2v) is 12.0. The first-order chi connectivity index (χ1) is 23.7. The maximum absolute atomic E-state index is 6.32. The Bertz CT molecular complexity index is 2460. The zero-order valence-electron chi connectivity index (χ0n) is 26.4. The first kappa shape index (κ1) is 27.8. The number of nitrogen functional groups attached to an aromatic ring is 1. The first-order valence-electron chi connectivity index (χ1n) is 16.1. The summed E-state index contributed by atoms with van der Waals surface area (Å²) >= 11 is 0. The molecule has 2 N–H and O–H groups in total. The number of para-hydroxylation sites is 4. The van der Waals surface area contributed by atoms with E-state index in [0.29, 0.717) is 11.4 Å². The van der Waals surface area contributed by atoms with Crippen LogP contribution in [-0.2, 0) is 0 Å². The molecule has 5 nitrogen and oxygen atoms in total. The number of anilines is 4. The lowest BCUT2D eigenvalue weighted by molar-refractivity contribution is 0.417. The molecule has 0 aliphatic heterocycles. The van der Waals surface area contributed by atoms with Gasteiger partial charge in [-0.3, -0.25) is 0 Å². The minimum absolute atomic E-state index is 0.601. The topological polar surface area (TPSA) is 48.3 Å². The SMILES string of the molecule is COc1cc(N(c2ccc3c(c2)c2ccccc2n3-c2ccccc2)c2ccc3c(c2)c2ccccc2n3-c2ccccc2)ccc1N. The van der Waals surface area contributed by atoms with Crippen molar-refractivity contribution in [3.8, 4) is 17.1 Å². The van der Waals surface area contributed by atoms with E-state index in [0.717, 1.165) is 39.5 Å². The molecule has 0 saturated carbocycles. The summed E-state index contributed by atoms with van der Waals surface area (Å²) in [6.07, 6.45) is 0. The lowest BCUT2D eigenvalue weighted by atomic mass is 10.1. The van der Waals surface area contributed by atoms with E-state index in [-0.39, 0.29) is 0 Å². The van der Waals surface area contributed by atoms with E-state index in [9.17, 15) is 0 Å². The second-order valence-electron chi connectivity index (χ2n) is 12.0. The third-order valence-corrected chi connectivity index (χ3v) is 9.33. The third-order valence-electron chi connectivity index (χ3n) is 9.33. The van der Waals surface area contributed by atoms with Gasteiger partial charge in [-0.15, -0.1) is 0 Å². The summed E-state index contributed by atoms with van der Waals surface area (Å²) in [5.41, 5.74) is 16.9. The van der Waals surface area contributed by atoms with Crippen LogP contribution in [-0.4, -0.2) is 16.2 Å². The van der Waals surface area contributed by atoms with Gasteiger partial charge < -0.3 is 24.5 Å². The fourth-order valence-corrected chi connectivity index (χ4v) is 7.20. The van der Waals surface area contributed by atoms with E-state index in [1.165, 1.54) is 32.6 Å². The molecule has 0 aliphatic rings. The van der Waals surface area contributed by atoms with Crippen molar-refractivity contribution in [1.82, 2.24) is 9.13 Å². The number of rotatable bonds is 6. The summed E-state index contributed by atoms with van der Waals surface area (Å²) in [6, 6.07) is 57.9. The number of hydrogen-bond acceptors (Lipinski definition) is 3. The van der Waals surface area contributed by atoms with E-state index in [1.807, 2.05) is 12.1 Å². The number of nitrogens with two attached hydrogens (primary N) is 1. The molecular weight excluding hydrogens is 589 g/mol. The molecule has 0 amide bonds. The number of hydrogen-bond donors (Lipinski definition) is 1. The standard InChI is InChI=1S/C43H32N4O/c1-48-43-28-33(20-23-38(43)44)45(31-21-24-41-36(26-31)34-16-8-10-18-39(34)46(41)29-12-4-2-5-13-29)32-22-25-42-37(27-32)35-17-9-11-19-40(35)47(42)30-14-6-3-7-15-30/h2-28H,44H2,1H3. The molecule has 2 heterocycles. The summed E-state index contributed by atoms with van der Waals surface area (Å²) in [6.45, 7) is 0. The number of fused-ring (bicyclic) bond motifs is 6. The van der Waals surface area contributed by atoms with Crippen LogP contribution in [0.2, 0.25) is 0 Å². The minimum Gasteiger partial charge on any atom is -0.495 e. The number of methoxy groups -OCH3 is 1. The number of nitrogens with zero attached hydrogens (tertiary/aromatic N) is 3. The van der Waals surface area contributed by atoms with Crippen molar-refractivity contribution in [2.75, 3.05) is 17.7 Å². The van der Waals surface area contributed by atoms with E-state index >= 15 is 0 Å². The molecular formula is C43H32N4O. The molecule has 5 heteroatoms. The van der Waals surface area contributed by atoms with Crippen LogP contribution in [0.25, 0.3) is 55.0 Å². The molecule has 0 bridgehead atoms. The Labute approximate surface area is 278 Å². The largest absolute Gasteiger partial charge is 0.495 e. The summed E-state index contributed by atoms with van der Waals surface area (Å²) < 4.78 is 10.4. The highest BCUT2D eigenvalue weighted by atomic mass is 16.5. The van der Waals surface area contributed by atoms with Crippen molar-refractivity contribution in [2.45, 2.75) is 0 Å². The Morgan fingerprint density at radius 3 is 1.35 bits per heavy atom. The predicted octanol–water partition coefficient (Wildman–Crippen LogP) is 10.9. The van der Waals surface area contributed by atoms with Crippen LogP contribution in [0.1, 0.15) is 0 Å². The van der Waals surface area contributed by atoms with E-state index in [1.54, 1.807) is 7.11 Å². The second kappa shape index (κ2) is 11.1. The van der Waals surface area contributed by atoms with Gasteiger partial charge >= 0.3 is 0 Å². The maximum atomic E-state index is 6.32. The van der Waals surface area contributed by atoms with Gasteiger partial charge in [0.15, 0.2) is 0 Å². The van der Waals surface area contributed by atoms with Crippen molar-refractivity contribution >= 4 is 66.4 Å². The molecule has 7 aromatic carbocycles. The summed E-state index contributed by atoms with van der Waals surface area (Å²) in [4.78, 5) is 2.30. The predicted molar refractivity (Wildman–Crippen MR) is 201 cm³/mol. The van der Waals surface area contributed by atoms with Gasteiger partial charge in [0, 0.05) is 56.0 Å². The van der Waals surface area contributed by atoms with Crippen molar-refractivity contribution in [3.05, 3.63) is 164 Å². The van der Waals surface area contributed by atoms with Gasteiger partial charge in [-0.1, -0.05) is 72.8 Å². The fraction of sp³-hybridized carbons (Fsp3) is 0.0233. The van der Waals surface area contributed by atoms with E-state index in [4.69, 9.17) is 10.5 Å². The molecule has 9 aromatic rings. The Balaban J connectivity index is 1.30. The highest BCUT2D eigenvalue weighted by Gasteiger charge is 2.20. The zero-order valence-corrected chi connectivity index (χ0v) is 26.4. The molecule has 0 unspecified atom stereocenters. The lowest BCUT2D eigenvalue weighted by Crippen LogP contribution is -2.10. The summed E-state index contributed by atoms with van der Waals surface area (Å²) in [5.74, 6) is 0.640. The number of benzene rings is 7. The fourth-order valence-electron chi connectivity index (χ4n) is 7.20. The van der Waals surface area contributed by atoms with E-state index < -0.39 is 0 Å². The molecule has 2 aromatic heterocycles. The maximum Gasteiger partial charge on any atom is 0.143 e. The molecule has 0 fully saturated rings. The molecule has 0 spiro atoms. The number of aromatic nitrogens is 2. The molecule has 0 radical (unpaired) electrons. The highest BCUT2D eigenvalue weighted by Crippen LogP contribution is 2.43. The Hall–Kier alpha value is -6.46. The minimum atomic E-state index is 0.601. The van der Waals surface area contributed by atoms with Crippen molar-refractivity contribution < 1.29 is 4.74 Å². The highest BCUT2D eigenvalue weighted by molar-refractivity contribution is 6.12. The van der Waals surface area contributed by atoms with Crippen molar-refractivity contribution in [1.29, 1.82) is 0 Å². The van der Waals surface area contributed by atoms with Gasteiger partial charge in [0.05, 0.1) is 34.9 Å². The van der Waals surface area contributed by atoms with Crippen LogP contribution in [0.5, 0.6) is 5.75 Å². The van der Waals surface area contributed by atoms with Gasteiger partial charge in [0.1, 0.15) is 5.75 Å². The molecule has 0 aliphatic carbocycles. The number of ether oxygens (including phenoxy) is 1. The van der Waals surface area contributed by atoms with Gasteiger partial charge in [0.2, 0.25) is 0 Å². The smallest absolute Gasteiger partial charge is 0.143 e. The lowest BCUT2D eigenvalue weighted by Gasteiger charge is -2.26. The normalized spacial score (nSPS) is 11.5. The molecule has 0 saturated heterocycles. The average Bonchev–Trinajstić information content (AvgIpc) is 3.65. The molecule has 48 heavy (non-hydrogen) atoms. The van der Waals surface area contributed by atoms with Crippen molar-refractivity contribution in [2.24, 2.45) is 0 Å². The van der Waals surface area contributed by atoms with Crippen LogP contribution in [0.15, 0.2) is 164 Å².